The zero-order valence-electron chi connectivity index (χ0n) is 16.1. The van der Waals surface area contributed by atoms with E-state index in [0.29, 0.717) is 16.3 Å². The second kappa shape index (κ2) is 8.03. The number of hydrogen-bond acceptors (Lipinski definition) is 7. The Labute approximate surface area is 175 Å². The van der Waals surface area contributed by atoms with Crippen molar-refractivity contribution in [1.82, 2.24) is 14.1 Å². The van der Waals surface area contributed by atoms with Gasteiger partial charge < -0.3 is 10.2 Å². The Morgan fingerprint density at radius 1 is 1.10 bits per heavy atom. The Bertz CT molecular complexity index is 1320. The Hall–Kier alpha value is -3.59. The van der Waals surface area contributed by atoms with Gasteiger partial charge in [-0.15, -0.1) is 0 Å². The van der Waals surface area contributed by atoms with Crippen LogP contribution in [0.4, 0.5) is 5.82 Å². The molecule has 0 fully saturated rings. The number of oxazole rings is 1. The van der Waals surface area contributed by atoms with Crippen molar-refractivity contribution in [2.45, 2.75) is 11.8 Å². The summed E-state index contributed by atoms with van der Waals surface area (Å²) in [5, 5.41) is 0.317. The summed E-state index contributed by atoms with van der Waals surface area (Å²) in [6, 6.07) is 16.4. The second-order valence-electron chi connectivity index (χ2n) is 6.64. The minimum absolute atomic E-state index is 0.101. The van der Waals surface area contributed by atoms with Crippen molar-refractivity contribution in [3.05, 3.63) is 86.6 Å². The summed E-state index contributed by atoms with van der Waals surface area (Å²) < 4.78 is 7.72. The van der Waals surface area contributed by atoms with Crippen LogP contribution in [0.15, 0.2) is 73.8 Å². The molecule has 0 saturated carbocycles. The number of nitrogens with zero attached hydrogens (tertiary/aromatic N) is 3. The topological polar surface area (TPSA) is 113 Å². The predicted molar refractivity (Wildman–Crippen MR) is 115 cm³/mol. The van der Waals surface area contributed by atoms with Gasteiger partial charge in [0.2, 0.25) is 0 Å². The number of nitrogens with two attached hydrogens (primary N) is 1. The van der Waals surface area contributed by atoms with Crippen LogP contribution >= 0.6 is 11.8 Å². The number of carbonyl (C=O) groups excluding carboxylic acids is 1. The minimum Gasteiger partial charge on any atom is -0.431 e. The highest BCUT2D eigenvalue weighted by Gasteiger charge is 2.22. The Kier molecular flexibility index (Phi) is 5.28. The van der Waals surface area contributed by atoms with Crippen molar-refractivity contribution < 1.29 is 9.21 Å². The van der Waals surface area contributed by atoms with Crippen molar-refractivity contribution >= 4 is 34.5 Å². The molecule has 2 aromatic heterocycles. The molecule has 0 spiro atoms. The van der Waals surface area contributed by atoms with Crippen LogP contribution in [0, 0.1) is 0 Å². The Morgan fingerprint density at radius 2 is 1.80 bits per heavy atom. The van der Waals surface area contributed by atoms with E-state index in [-0.39, 0.29) is 23.7 Å². The van der Waals surface area contributed by atoms with E-state index in [1.807, 2.05) is 42.5 Å². The monoisotopic (exact) mass is 422 g/mol. The van der Waals surface area contributed by atoms with E-state index >= 15 is 0 Å². The third kappa shape index (κ3) is 3.67. The van der Waals surface area contributed by atoms with E-state index in [4.69, 9.17) is 10.2 Å². The molecule has 8 nitrogen and oxygen atoms in total. The number of Topliss-reactive ketones (excluding diaryl/α,β-unsaturated/α-hetero) is 1. The van der Waals surface area contributed by atoms with E-state index in [2.05, 4.69) is 4.98 Å². The SMILES string of the molecule is Cn1c(=O)c(C(=O)CSc2nc3ccccc3o2)c(N)n(Cc2ccccc2)c1=O. The van der Waals surface area contributed by atoms with E-state index in [0.717, 1.165) is 21.9 Å². The largest absolute Gasteiger partial charge is 0.431 e. The van der Waals surface area contributed by atoms with Gasteiger partial charge in [0.25, 0.3) is 10.8 Å². The maximum Gasteiger partial charge on any atom is 0.332 e. The van der Waals surface area contributed by atoms with Gasteiger partial charge in [-0.2, -0.15) is 0 Å². The molecule has 2 N–H and O–H groups in total. The van der Waals surface area contributed by atoms with E-state index in [1.54, 1.807) is 12.1 Å². The van der Waals surface area contributed by atoms with Crippen LogP contribution < -0.4 is 17.0 Å². The number of anilines is 1. The van der Waals surface area contributed by atoms with Crippen molar-refractivity contribution in [3.63, 3.8) is 0 Å². The zero-order valence-corrected chi connectivity index (χ0v) is 16.9. The number of rotatable bonds is 6. The first-order chi connectivity index (χ1) is 14.5. The maximum atomic E-state index is 12.8. The molecular formula is C21H18N4O4S. The molecule has 0 amide bonds. The number of hydrogen-bond donors (Lipinski definition) is 1. The number of nitrogen functional groups attached to an aromatic ring is 1. The summed E-state index contributed by atoms with van der Waals surface area (Å²) in [5.41, 5.74) is 6.72. The van der Waals surface area contributed by atoms with E-state index < -0.39 is 17.0 Å². The quantitative estimate of drug-likeness (QED) is 0.375. The lowest BCUT2D eigenvalue weighted by molar-refractivity contribution is 0.102. The third-order valence-corrected chi connectivity index (χ3v) is 5.47. The molecule has 0 aliphatic heterocycles. The first-order valence-corrected chi connectivity index (χ1v) is 10.1. The molecule has 152 valence electrons. The van der Waals surface area contributed by atoms with Crippen molar-refractivity contribution in [3.8, 4) is 0 Å². The van der Waals surface area contributed by atoms with Gasteiger partial charge >= 0.3 is 5.69 Å². The van der Waals surface area contributed by atoms with Crippen LogP contribution in [0.5, 0.6) is 0 Å². The van der Waals surface area contributed by atoms with Crippen molar-refractivity contribution in [1.29, 1.82) is 0 Å². The molecule has 0 radical (unpaired) electrons. The number of fused-ring (bicyclic) bond motifs is 1. The number of aromatic nitrogens is 3. The molecule has 0 aliphatic carbocycles. The first kappa shape index (κ1) is 19.7. The molecule has 30 heavy (non-hydrogen) atoms. The number of para-hydroxylation sites is 2. The van der Waals surface area contributed by atoms with Crippen LogP contribution in [0.2, 0.25) is 0 Å². The van der Waals surface area contributed by atoms with Crippen LogP contribution in [0.25, 0.3) is 11.1 Å². The summed E-state index contributed by atoms with van der Waals surface area (Å²) in [4.78, 5) is 42.3. The van der Waals surface area contributed by atoms with Gasteiger partial charge in [0.15, 0.2) is 11.4 Å². The lowest BCUT2D eigenvalue weighted by atomic mass is 10.2. The molecule has 4 aromatic rings. The molecule has 2 heterocycles. The highest BCUT2D eigenvalue weighted by atomic mass is 32.2. The summed E-state index contributed by atoms with van der Waals surface area (Å²) in [5.74, 6) is -0.743. The normalized spacial score (nSPS) is 11.1. The molecule has 9 heteroatoms. The number of benzene rings is 2. The van der Waals surface area contributed by atoms with Gasteiger partial charge in [-0.25, -0.2) is 9.78 Å². The summed E-state index contributed by atoms with van der Waals surface area (Å²) in [7, 11) is 1.33. The van der Waals surface area contributed by atoms with E-state index in [9.17, 15) is 14.4 Å². The zero-order chi connectivity index (χ0) is 21.3. The van der Waals surface area contributed by atoms with Crippen molar-refractivity contribution in [2.24, 2.45) is 7.05 Å². The number of ketones is 1. The standard InChI is InChI=1S/C21H18N4O4S/c1-24-19(27)17(18(22)25(21(24)28)11-13-7-3-2-4-8-13)15(26)12-30-20-23-14-9-5-6-10-16(14)29-20/h2-10H,11-12,22H2,1H3. The molecule has 0 unspecified atom stereocenters. The van der Waals surface area contributed by atoms with Gasteiger partial charge in [-0.05, 0) is 17.7 Å². The second-order valence-corrected chi connectivity index (χ2v) is 7.56. The summed E-state index contributed by atoms with van der Waals surface area (Å²) in [6.07, 6.45) is 0. The van der Waals surface area contributed by atoms with E-state index in [1.165, 1.54) is 11.6 Å². The van der Waals surface area contributed by atoms with Crippen molar-refractivity contribution in [2.75, 3.05) is 11.5 Å². The molecular weight excluding hydrogens is 404 g/mol. The fourth-order valence-electron chi connectivity index (χ4n) is 3.08. The third-order valence-electron chi connectivity index (χ3n) is 4.65. The average molecular weight is 422 g/mol. The highest BCUT2D eigenvalue weighted by Crippen LogP contribution is 2.24. The predicted octanol–water partition coefficient (Wildman–Crippen LogP) is 2.29. The lowest BCUT2D eigenvalue weighted by Gasteiger charge is -2.14. The molecule has 0 atom stereocenters. The van der Waals surface area contributed by atoms with Crippen LogP contribution in [-0.4, -0.2) is 25.7 Å². The Balaban J connectivity index is 1.64. The molecule has 0 saturated heterocycles. The van der Waals surface area contributed by atoms with Gasteiger partial charge in [0.05, 0.1) is 12.3 Å². The summed E-state index contributed by atoms with van der Waals surface area (Å²) in [6.45, 7) is 0.151. The van der Waals surface area contributed by atoms with Crippen LogP contribution in [0.3, 0.4) is 0 Å². The van der Waals surface area contributed by atoms with Gasteiger partial charge in [0.1, 0.15) is 16.9 Å². The van der Waals surface area contributed by atoms with Crippen LogP contribution in [-0.2, 0) is 13.6 Å². The number of carbonyl (C=O) groups is 1. The summed E-state index contributed by atoms with van der Waals surface area (Å²) >= 11 is 1.07. The molecule has 0 bridgehead atoms. The minimum atomic E-state index is -0.718. The van der Waals surface area contributed by atoms with Gasteiger partial charge in [-0.3, -0.25) is 18.7 Å². The smallest absolute Gasteiger partial charge is 0.332 e. The molecule has 4 rings (SSSR count). The first-order valence-electron chi connectivity index (χ1n) is 9.10. The van der Waals surface area contributed by atoms with Gasteiger partial charge in [0, 0.05) is 7.05 Å². The lowest BCUT2D eigenvalue weighted by Crippen LogP contribution is -2.43. The Morgan fingerprint density at radius 3 is 2.53 bits per heavy atom. The fraction of sp³-hybridized carbons (Fsp3) is 0.143. The van der Waals surface area contributed by atoms with Crippen LogP contribution in [0.1, 0.15) is 15.9 Å². The average Bonchev–Trinajstić information content (AvgIpc) is 3.18. The number of thioether (sulfide) groups is 1. The highest BCUT2D eigenvalue weighted by molar-refractivity contribution is 7.99. The van der Waals surface area contributed by atoms with Gasteiger partial charge in [-0.1, -0.05) is 54.2 Å². The maximum absolute atomic E-state index is 12.8. The molecule has 0 aliphatic rings. The molecule has 2 aromatic carbocycles. The fourth-order valence-corrected chi connectivity index (χ4v) is 3.79.